The molecule has 2 aromatic carbocycles. The van der Waals surface area contributed by atoms with Gasteiger partial charge < -0.3 is 10.1 Å². The van der Waals surface area contributed by atoms with Crippen molar-refractivity contribution in [2.45, 2.75) is 12.6 Å². The molecule has 0 spiro atoms. The van der Waals surface area contributed by atoms with Gasteiger partial charge in [-0.2, -0.15) is 5.10 Å². The van der Waals surface area contributed by atoms with Gasteiger partial charge in [-0.3, -0.25) is 19.8 Å². The molecule has 9 nitrogen and oxygen atoms in total. The first kappa shape index (κ1) is 20.7. The summed E-state index contributed by atoms with van der Waals surface area (Å²) in [6.45, 7) is 3.51. The molecule has 0 aliphatic carbocycles. The summed E-state index contributed by atoms with van der Waals surface area (Å²) >= 11 is 0. The van der Waals surface area contributed by atoms with Gasteiger partial charge in [-0.05, 0) is 17.7 Å². The molecule has 1 aliphatic rings. The molecule has 1 aliphatic heterocycles. The molecule has 1 fully saturated rings. The number of nitro groups is 1. The molecule has 1 atom stereocenters. The topological polar surface area (TPSA) is 103 Å². The van der Waals surface area contributed by atoms with Gasteiger partial charge in [-0.15, -0.1) is 0 Å². The lowest BCUT2D eigenvalue weighted by molar-refractivity contribution is -0.384. The van der Waals surface area contributed by atoms with Crippen LogP contribution < -0.4 is 5.32 Å². The molecule has 9 heteroatoms. The highest BCUT2D eigenvalue weighted by atomic mass is 16.6. The van der Waals surface area contributed by atoms with Crippen molar-refractivity contribution in [1.29, 1.82) is 0 Å². The maximum absolute atomic E-state index is 12.5. The van der Waals surface area contributed by atoms with Crippen molar-refractivity contribution in [3.63, 3.8) is 0 Å². The number of carbonyl (C=O) groups is 1. The summed E-state index contributed by atoms with van der Waals surface area (Å²) in [6.07, 6.45) is 2.99. The number of nitrogens with one attached hydrogen (secondary N) is 1. The second-order valence-corrected chi connectivity index (χ2v) is 7.37. The van der Waals surface area contributed by atoms with Crippen LogP contribution in [0.15, 0.2) is 67.0 Å². The molecular weight excluding hydrogens is 398 g/mol. The summed E-state index contributed by atoms with van der Waals surface area (Å²) in [5.41, 5.74) is 2.31. The monoisotopic (exact) mass is 421 g/mol. The minimum atomic E-state index is -0.458. The molecule has 3 aromatic rings. The van der Waals surface area contributed by atoms with E-state index in [-0.39, 0.29) is 17.7 Å². The summed E-state index contributed by atoms with van der Waals surface area (Å²) in [7, 11) is 0. The molecule has 160 valence electrons. The summed E-state index contributed by atoms with van der Waals surface area (Å²) in [5, 5.41) is 17.9. The number of aromatic nitrogens is 2. The SMILES string of the molecule is O=C(NCC1CN(Cc2ccccc2)CCO1)c1cnn(-c2ccc([N+](=O)[O-])cc2)c1. The van der Waals surface area contributed by atoms with Crippen molar-refractivity contribution in [1.82, 2.24) is 20.0 Å². The van der Waals surface area contributed by atoms with Gasteiger partial charge in [-0.25, -0.2) is 4.68 Å². The fourth-order valence-electron chi connectivity index (χ4n) is 3.51. The van der Waals surface area contributed by atoms with Crippen molar-refractivity contribution in [3.05, 3.63) is 88.2 Å². The zero-order valence-electron chi connectivity index (χ0n) is 16.9. The van der Waals surface area contributed by atoms with Crippen LogP contribution in [0.1, 0.15) is 15.9 Å². The second-order valence-electron chi connectivity index (χ2n) is 7.37. The first-order valence-electron chi connectivity index (χ1n) is 10.0. The normalized spacial score (nSPS) is 16.7. The quantitative estimate of drug-likeness (QED) is 0.464. The standard InChI is InChI=1S/C22H23N5O4/c28-22(18-12-24-26(15-18)19-6-8-20(9-7-19)27(29)30)23-13-21-16-25(10-11-31-21)14-17-4-2-1-3-5-17/h1-9,12,15,21H,10-11,13-14,16H2,(H,23,28). The Kier molecular flexibility index (Phi) is 6.34. The molecular formula is C22H23N5O4. The number of non-ortho nitro benzene ring substituents is 1. The van der Waals surface area contributed by atoms with Crippen LogP contribution in [0.4, 0.5) is 5.69 Å². The van der Waals surface area contributed by atoms with E-state index < -0.39 is 4.92 Å². The lowest BCUT2D eigenvalue weighted by Crippen LogP contribution is -2.47. The van der Waals surface area contributed by atoms with Gasteiger partial charge in [0.05, 0.1) is 35.1 Å². The zero-order chi connectivity index (χ0) is 21.6. The fourth-order valence-corrected chi connectivity index (χ4v) is 3.51. The highest BCUT2D eigenvalue weighted by Crippen LogP contribution is 2.15. The van der Waals surface area contributed by atoms with Crippen LogP contribution in [0.25, 0.3) is 5.69 Å². The van der Waals surface area contributed by atoms with Crippen LogP contribution in [0, 0.1) is 10.1 Å². The molecule has 1 unspecified atom stereocenters. The van der Waals surface area contributed by atoms with E-state index in [9.17, 15) is 14.9 Å². The number of nitrogens with zero attached hydrogens (tertiary/aromatic N) is 4. The third-order valence-electron chi connectivity index (χ3n) is 5.13. The van der Waals surface area contributed by atoms with Gasteiger partial charge in [0.15, 0.2) is 0 Å². The average Bonchev–Trinajstić information content (AvgIpc) is 3.29. The number of nitro benzene ring substituents is 1. The van der Waals surface area contributed by atoms with Gasteiger partial charge in [0.2, 0.25) is 0 Å². The van der Waals surface area contributed by atoms with Crippen molar-refractivity contribution in [3.8, 4) is 5.69 Å². The van der Waals surface area contributed by atoms with E-state index in [1.807, 2.05) is 18.2 Å². The smallest absolute Gasteiger partial charge is 0.269 e. The number of morpholine rings is 1. The minimum absolute atomic E-state index is 0.00247. The Morgan fingerprint density at radius 1 is 1.19 bits per heavy atom. The first-order valence-corrected chi connectivity index (χ1v) is 10.0. The molecule has 1 aromatic heterocycles. The molecule has 31 heavy (non-hydrogen) atoms. The van der Waals surface area contributed by atoms with Crippen LogP contribution in [-0.2, 0) is 11.3 Å². The third kappa shape index (κ3) is 5.33. The Morgan fingerprint density at radius 3 is 2.71 bits per heavy atom. The molecule has 0 bridgehead atoms. The number of amides is 1. The fraction of sp³-hybridized carbons (Fsp3) is 0.273. The minimum Gasteiger partial charge on any atom is -0.374 e. The van der Waals surface area contributed by atoms with E-state index >= 15 is 0 Å². The van der Waals surface area contributed by atoms with Crippen LogP contribution in [0.5, 0.6) is 0 Å². The van der Waals surface area contributed by atoms with Crippen molar-refractivity contribution < 1.29 is 14.5 Å². The van der Waals surface area contributed by atoms with Crippen LogP contribution in [0.2, 0.25) is 0 Å². The number of rotatable bonds is 7. The summed E-state index contributed by atoms with van der Waals surface area (Å²) in [4.78, 5) is 25.2. The number of hydrogen-bond acceptors (Lipinski definition) is 6. The molecule has 0 radical (unpaired) electrons. The number of benzene rings is 2. The lowest BCUT2D eigenvalue weighted by atomic mass is 10.2. The Balaban J connectivity index is 1.30. The predicted molar refractivity (Wildman–Crippen MR) is 114 cm³/mol. The Bertz CT molecular complexity index is 1040. The van der Waals surface area contributed by atoms with E-state index in [2.05, 4.69) is 27.4 Å². The summed E-state index contributed by atoms with van der Waals surface area (Å²) in [6, 6.07) is 16.3. The van der Waals surface area contributed by atoms with Crippen LogP contribution in [0.3, 0.4) is 0 Å². The molecule has 1 amide bonds. The van der Waals surface area contributed by atoms with Gasteiger partial charge in [-0.1, -0.05) is 30.3 Å². The van der Waals surface area contributed by atoms with Crippen molar-refractivity contribution in [2.75, 3.05) is 26.2 Å². The highest BCUT2D eigenvalue weighted by molar-refractivity contribution is 5.93. The van der Waals surface area contributed by atoms with E-state index in [1.165, 1.54) is 28.6 Å². The molecule has 4 rings (SSSR count). The largest absolute Gasteiger partial charge is 0.374 e. The second kappa shape index (κ2) is 9.50. The van der Waals surface area contributed by atoms with Crippen molar-refractivity contribution in [2.24, 2.45) is 0 Å². The summed E-state index contributed by atoms with van der Waals surface area (Å²) < 4.78 is 7.32. The molecule has 1 N–H and O–H groups in total. The first-order chi connectivity index (χ1) is 15.1. The van der Waals surface area contributed by atoms with E-state index in [4.69, 9.17) is 4.74 Å². The maximum Gasteiger partial charge on any atom is 0.269 e. The highest BCUT2D eigenvalue weighted by Gasteiger charge is 2.21. The van der Waals surface area contributed by atoms with Crippen molar-refractivity contribution >= 4 is 11.6 Å². The third-order valence-corrected chi connectivity index (χ3v) is 5.13. The average molecular weight is 421 g/mol. The maximum atomic E-state index is 12.5. The zero-order valence-corrected chi connectivity index (χ0v) is 16.9. The van der Waals surface area contributed by atoms with Gasteiger partial charge >= 0.3 is 0 Å². The molecule has 2 heterocycles. The Hall–Kier alpha value is -3.56. The predicted octanol–water partition coefficient (Wildman–Crippen LogP) is 2.41. The van der Waals surface area contributed by atoms with Gasteiger partial charge in [0.1, 0.15) is 0 Å². The van der Waals surface area contributed by atoms with Crippen LogP contribution in [-0.4, -0.2) is 57.9 Å². The molecule has 1 saturated heterocycles. The number of carbonyl (C=O) groups excluding carboxylic acids is 1. The number of ether oxygens (including phenoxy) is 1. The Labute approximate surface area is 179 Å². The Morgan fingerprint density at radius 2 is 1.97 bits per heavy atom. The van der Waals surface area contributed by atoms with E-state index in [0.717, 1.165) is 19.6 Å². The molecule has 0 saturated carbocycles. The van der Waals surface area contributed by atoms with E-state index in [1.54, 1.807) is 18.3 Å². The van der Waals surface area contributed by atoms with Gasteiger partial charge in [0, 0.05) is 44.5 Å². The van der Waals surface area contributed by atoms with E-state index in [0.29, 0.717) is 24.4 Å². The lowest BCUT2D eigenvalue weighted by Gasteiger charge is -2.33. The van der Waals surface area contributed by atoms with Gasteiger partial charge in [0.25, 0.3) is 11.6 Å². The summed E-state index contributed by atoms with van der Waals surface area (Å²) in [5.74, 6) is -0.239. The number of hydrogen-bond donors (Lipinski definition) is 1. The van der Waals surface area contributed by atoms with Crippen LogP contribution >= 0.6 is 0 Å².